The highest BCUT2D eigenvalue weighted by Crippen LogP contribution is 2.52. The van der Waals surface area contributed by atoms with Crippen molar-refractivity contribution in [2.24, 2.45) is 0 Å². The number of rotatable bonds is 4. The predicted molar refractivity (Wildman–Crippen MR) is 217 cm³/mol. The average molecular weight is 708 g/mol. The fourth-order valence-electron chi connectivity index (χ4n) is 7.33. The highest BCUT2D eigenvalue weighted by Gasteiger charge is 2.27. The van der Waals surface area contributed by atoms with E-state index in [1.807, 2.05) is 23.5 Å². The maximum atomic E-state index is 6.63. The molecule has 0 spiro atoms. The van der Waals surface area contributed by atoms with Crippen molar-refractivity contribution in [1.82, 2.24) is 9.36 Å². The lowest BCUT2D eigenvalue weighted by Crippen LogP contribution is -2.15. The highest BCUT2D eigenvalue weighted by molar-refractivity contribution is 7.26. The normalized spacial score (nSPS) is 12.4. The summed E-state index contributed by atoms with van der Waals surface area (Å²) in [5.74, 6) is 2.41. The van der Waals surface area contributed by atoms with Crippen LogP contribution in [0.2, 0.25) is 0 Å². The van der Waals surface area contributed by atoms with Crippen LogP contribution in [0.1, 0.15) is 0 Å². The Morgan fingerprint density at radius 2 is 1.14 bits per heavy atom. The van der Waals surface area contributed by atoms with Gasteiger partial charge in [-0.3, -0.25) is 0 Å². The second-order valence-corrected chi connectivity index (χ2v) is 15.5. The van der Waals surface area contributed by atoms with E-state index in [4.69, 9.17) is 14.1 Å². The van der Waals surface area contributed by atoms with E-state index < -0.39 is 0 Å². The monoisotopic (exact) mass is 707 g/mol. The zero-order valence-corrected chi connectivity index (χ0v) is 29.4. The van der Waals surface area contributed by atoms with Gasteiger partial charge in [0, 0.05) is 57.2 Å². The van der Waals surface area contributed by atoms with Crippen molar-refractivity contribution in [1.29, 1.82) is 0 Å². The highest BCUT2D eigenvalue weighted by atomic mass is 32.1. The lowest BCUT2D eigenvalue weighted by molar-refractivity contribution is 0.477. The summed E-state index contributed by atoms with van der Waals surface area (Å²) in [6.07, 6.45) is 0. The lowest BCUT2D eigenvalue weighted by atomic mass is 10.0. The summed E-state index contributed by atoms with van der Waals surface area (Å²) in [5, 5.41) is 6.00. The SMILES string of the molecule is c1cc(-c2nc(-c3cccc4c3sc3ccccc34)ns2)cc(N2c3ccccc3Oc3cc(-c4cccc5c4sc4ccccc45)ccc32)c1. The molecule has 0 bridgehead atoms. The third-order valence-electron chi connectivity index (χ3n) is 9.66. The van der Waals surface area contributed by atoms with Crippen molar-refractivity contribution in [3.8, 4) is 44.6 Å². The summed E-state index contributed by atoms with van der Waals surface area (Å²) in [6, 6.07) is 53.7. The molecule has 0 amide bonds. The van der Waals surface area contributed by atoms with Crippen LogP contribution in [0, 0.1) is 0 Å². The zero-order valence-electron chi connectivity index (χ0n) is 26.9. The number of hydrogen-bond donors (Lipinski definition) is 0. The average Bonchev–Trinajstić information content (AvgIpc) is 3.93. The molecule has 0 fully saturated rings. The second-order valence-electron chi connectivity index (χ2n) is 12.6. The van der Waals surface area contributed by atoms with Crippen molar-refractivity contribution in [2.75, 3.05) is 4.90 Å². The van der Waals surface area contributed by atoms with Crippen LogP contribution in [0.3, 0.4) is 0 Å². The van der Waals surface area contributed by atoms with Crippen LogP contribution in [-0.2, 0) is 0 Å². The molecule has 10 aromatic rings. The maximum Gasteiger partial charge on any atom is 0.174 e. The third-order valence-corrected chi connectivity index (χ3v) is 12.9. The summed E-state index contributed by atoms with van der Waals surface area (Å²) in [4.78, 5) is 7.40. The van der Waals surface area contributed by atoms with Gasteiger partial charge < -0.3 is 9.64 Å². The molecule has 240 valence electrons. The molecule has 0 unspecified atom stereocenters. The van der Waals surface area contributed by atoms with Crippen LogP contribution >= 0.6 is 34.2 Å². The first-order valence-corrected chi connectivity index (χ1v) is 19.1. The Morgan fingerprint density at radius 1 is 0.490 bits per heavy atom. The Morgan fingerprint density at radius 3 is 1.94 bits per heavy atom. The summed E-state index contributed by atoms with van der Waals surface area (Å²) in [7, 11) is 0. The molecular weight excluding hydrogens is 683 g/mol. The van der Waals surface area contributed by atoms with Crippen molar-refractivity contribution < 1.29 is 4.74 Å². The predicted octanol–water partition coefficient (Wildman–Crippen LogP) is 13.9. The zero-order chi connectivity index (χ0) is 33.5. The number of hydrogen-bond acceptors (Lipinski definition) is 7. The fourth-order valence-corrected chi connectivity index (χ4v) is 10.5. The van der Waals surface area contributed by atoms with E-state index in [2.05, 4.69) is 144 Å². The van der Waals surface area contributed by atoms with Crippen LogP contribution in [-0.4, -0.2) is 9.36 Å². The number of thiophene rings is 2. The first-order valence-electron chi connectivity index (χ1n) is 16.7. The molecule has 1 aliphatic heterocycles. The molecule has 0 aliphatic carbocycles. The van der Waals surface area contributed by atoms with E-state index in [-0.39, 0.29) is 0 Å². The van der Waals surface area contributed by atoms with E-state index >= 15 is 0 Å². The third kappa shape index (κ3) is 4.56. The summed E-state index contributed by atoms with van der Waals surface area (Å²) in [6.45, 7) is 0. The van der Waals surface area contributed by atoms with Crippen LogP contribution in [0.15, 0.2) is 152 Å². The number of ether oxygens (including phenoxy) is 1. The second kappa shape index (κ2) is 11.3. The van der Waals surface area contributed by atoms with Gasteiger partial charge in [-0.15, -0.1) is 22.7 Å². The van der Waals surface area contributed by atoms with Gasteiger partial charge in [-0.25, -0.2) is 4.98 Å². The van der Waals surface area contributed by atoms with E-state index in [0.29, 0.717) is 0 Å². The molecule has 7 heteroatoms. The number of fused-ring (bicyclic) bond motifs is 8. The maximum absolute atomic E-state index is 6.63. The molecule has 0 N–H and O–H groups in total. The van der Waals surface area contributed by atoms with E-state index in [1.54, 1.807) is 11.3 Å². The standard InChI is InChI=1S/C44H25N3OS3/c1-5-20-39-30(12-1)32-15-8-14-29(41(32)49-39)26-22-23-36-38(25-26)48-37-19-4-3-18-35(37)47(36)28-11-7-10-27(24-28)44-45-43(46-51-44)34-17-9-16-33-31-13-2-6-21-40(31)50-42(33)34/h1-25H. The van der Waals surface area contributed by atoms with Gasteiger partial charge in [-0.05, 0) is 77.3 Å². The smallest absolute Gasteiger partial charge is 0.174 e. The topological polar surface area (TPSA) is 38.2 Å². The van der Waals surface area contributed by atoms with E-state index in [1.165, 1.54) is 57.4 Å². The molecule has 0 atom stereocenters. The van der Waals surface area contributed by atoms with Gasteiger partial charge in [-0.2, -0.15) is 4.37 Å². The van der Waals surface area contributed by atoms with Gasteiger partial charge in [0.25, 0.3) is 0 Å². The van der Waals surface area contributed by atoms with Crippen molar-refractivity contribution >= 4 is 91.6 Å². The first kappa shape index (κ1) is 28.9. The number of anilines is 3. The van der Waals surface area contributed by atoms with Crippen LogP contribution in [0.4, 0.5) is 17.1 Å². The minimum atomic E-state index is 0.765. The number of aromatic nitrogens is 2. The lowest BCUT2D eigenvalue weighted by Gasteiger charge is -2.33. The molecule has 4 nitrogen and oxygen atoms in total. The van der Waals surface area contributed by atoms with Crippen LogP contribution < -0.4 is 9.64 Å². The van der Waals surface area contributed by atoms with Gasteiger partial charge in [0.2, 0.25) is 0 Å². The first-order chi connectivity index (χ1) is 25.3. The quantitative estimate of drug-likeness (QED) is 0.183. The molecule has 0 radical (unpaired) electrons. The molecule has 1 aliphatic rings. The molecule has 51 heavy (non-hydrogen) atoms. The van der Waals surface area contributed by atoms with Crippen molar-refractivity contribution in [2.45, 2.75) is 0 Å². The number of benzene rings is 7. The Balaban J connectivity index is 0.999. The number of para-hydroxylation sites is 2. The summed E-state index contributed by atoms with van der Waals surface area (Å²) >= 11 is 5.09. The van der Waals surface area contributed by atoms with Gasteiger partial charge in [-0.1, -0.05) is 97.1 Å². The minimum Gasteiger partial charge on any atom is -0.453 e. The van der Waals surface area contributed by atoms with Gasteiger partial charge in [0.15, 0.2) is 17.3 Å². The molecule has 0 saturated heterocycles. The van der Waals surface area contributed by atoms with Gasteiger partial charge >= 0.3 is 0 Å². The Labute approximate surface area is 305 Å². The van der Waals surface area contributed by atoms with Gasteiger partial charge in [0.1, 0.15) is 5.01 Å². The summed E-state index contributed by atoms with van der Waals surface area (Å²) < 4.78 is 16.6. The molecule has 7 aromatic carbocycles. The van der Waals surface area contributed by atoms with Crippen molar-refractivity contribution in [3.63, 3.8) is 0 Å². The Bertz CT molecular complexity index is 2990. The van der Waals surface area contributed by atoms with E-state index in [0.717, 1.165) is 56.1 Å². The molecule has 3 aromatic heterocycles. The molecular formula is C44H25N3OS3. The molecule has 4 heterocycles. The Hall–Kier alpha value is -5.86. The van der Waals surface area contributed by atoms with Gasteiger partial charge in [0.05, 0.1) is 11.4 Å². The largest absolute Gasteiger partial charge is 0.453 e. The van der Waals surface area contributed by atoms with Crippen LogP contribution in [0.25, 0.3) is 73.4 Å². The Kier molecular flexibility index (Phi) is 6.43. The van der Waals surface area contributed by atoms with Crippen LogP contribution in [0.5, 0.6) is 11.5 Å². The summed E-state index contributed by atoms with van der Waals surface area (Å²) in [5.41, 5.74) is 7.47. The van der Waals surface area contributed by atoms with Crippen molar-refractivity contribution in [3.05, 3.63) is 152 Å². The fraction of sp³-hybridized carbons (Fsp3) is 0. The number of nitrogens with zero attached hydrogens (tertiary/aromatic N) is 3. The molecule has 11 rings (SSSR count). The minimum absolute atomic E-state index is 0.765. The molecule has 0 saturated carbocycles. The van der Waals surface area contributed by atoms with E-state index in [9.17, 15) is 0 Å².